The fourth-order valence-corrected chi connectivity index (χ4v) is 6.76. The van der Waals surface area contributed by atoms with Gasteiger partial charge in [0.25, 0.3) is 0 Å². The first-order valence-corrected chi connectivity index (χ1v) is 15.3. The van der Waals surface area contributed by atoms with Crippen LogP contribution < -0.4 is 4.74 Å². The van der Waals surface area contributed by atoms with Gasteiger partial charge < -0.3 is 73.6 Å². The first-order chi connectivity index (χ1) is 22.5. The number of hydrogen-bond acceptors (Lipinski definition) is 16. The molecule has 1 saturated carbocycles. The summed E-state index contributed by atoms with van der Waals surface area (Å²) in [6, 6.07) is 6.90. The fourth-order valence-electron chi connectivity index (χ4n) is 6.76. The summed E-state index contributed by atoms with van der Waals surface area (Å²) in [4.78, 5) is 12.8. The van der Waals surface area contributed by atoms with E-state index in [-0.39, 0.29) is 0 Å². The summed E-state index contributed by atoms with van der Waals surface area (Å²) in [5.74, 6) is -1.52. The van der Waals surface area contributed by atoms with Gasteiger partial charge in [0.1, 0.15) is 54.1 Å². The van der Waals surface area contributed by atoms with Crippen LogP contribution in [0.5, 0.6) is 5.75 Å². The Morgan fingerprint density at radius 1 is 0.894 bits per heavy atom. The van der Waals surface area contributed by atoms with Gasteiger partial charge in [-0.25, -0.2) is 4.79 Å². The topological polar surface area (TPSA) is 236 Å². The molecule has 1 aromatic rings. The molecule has 5 aliphatic rings. The van der Waals surface area contributed by atoms with Crippen LogP contribution in [0.1, 0.15) is 12.5 Å². The predicted molar refractivity (Wildman–Crippen MR) is 154 cm³/mol. The van der Waals surface area contributed by atoms with Gasteiger partial charge in [-0.3, -0.25) is 0 Å². The Kier molecular flexibility index (Phi) is 9.93. The SMILES string of the molecule is COc1ccc(/C=C/C(=O)O[C@H]2[C@H](O[C@H]3[C@@H]4C=CO[C@@H](O[C@@H]5O[C@H](CO)[C@@H](O)[C@H](O)[C@H]5O)[C@@H]4[C@@]4(CO)O[C@@H]34)O[C@@H](C)[C@H](O)[C@H]2O)cc1. The second kappa shape index (κ2) is 13.7. The standard InChI is InChI=1S/C31H40O16/c1-13-20(35)23(38)26(44-18(34)8-5-14-3-6-15(40-2)7-4-14)30(42-13)45-25-16-9-10-41-28(19(16)31(12-33)27(25)47-31)46-29-24(39)22(37)21(36)17(11-32)43-29/h3-10,13,16-17,19-30,32-33,35-39H,11-12H2,1-2H3/b8-5+/t13-,16+,17+,19+,20-,21+,22-,23+,24+,25-,26+,27-,28-,29-,30-,31+/m0/s1. The van der Waals surface area contributed by atoms with Gasteiger partial charge in [0, 0.05) is 12.0 Å². The minimum Gasteiger partial charge on any atom is -0.497 e. The minimum atomic E-state index is -1.70. The summed E-state index contributed by atoms with van der Waals surface area (Å²) in [5.41, 5.74) is -0.551. The van der Waals surface area contributed by atoms with Crippen LogP contribution in [0.3, 0.4) is 0 Å². The first kappa shape index (κ1) is 34.2. The normalized spacial score (nSPS) is 45.6. The average molecular weight is 669 g/mol. The summed E-state index contributed by atoms with van der Waals surface area (Å²) in [7, 11) is 1.53. The molecule has 0 amide bonds. The zero-order valence-corrected chi connectivity index (χ0v) is 25.5. The Morgan fingerprint density at radius 3 is 2.32 bits per heavy atom. The molecule has 16 heteroatoms. The van der Waals surface area contributed by atoms with E-state index in [1.807, 2.05) is 0 Å². The van der Waals surface area contributed by atoms with E-state index in [0.717, 1.165) is 6.08 Å². The van der Waals surface area contributed by atoms with Crippen molar-refractivity contribution < 1.29 is 78.4 Å². The third-order valence-corrected chi connectivity index (χ3v) is 9.45. The minimum absolute atomic E-state index is 0.484. The molecule has 6 rings (SSSR count). The maximum atomic E-state index is 12.8. The molecule has 47 heavy (non-hydrogen) atoms. The summed E-state index contributed by atoms with van der Waals surface area (Å²) < 4.78 is 45.9. The monoisotopic (exact) mass is 668 g/mol. The molecule has 1 aliphatic carbocycles. The Balaban J connectivity index is 1.18. The summed E-state index contributed by atoms with van der Waals surface area (Å²) in [6.07, 6.45) is -11.6. The van der Waals surface area contributed by atoms with Crippen LogP contribution in [0, 0.1) is 11.8 Å². The molecule has 16 nitrogen and oxygen atoms in total. The molecule has 0 unspecified atom stereocenters. The number of rotatable bonds is 10. The number of esters is 1. The van der Waals surface area contributed by atoms with Crippen molar-refractivity contribution in [1.29, 1.82) is 0 Å². The molecule has 4 fully saturated rings. The summed E-state index contributed by atoms with van der Waals surface area (Å²) in [5, 5.41) is 72.4. The molecule has 7 N–H and O–H groups in total. The lowest BCUT2D eigenvalue weighted by atomic mass is 9.85. The molecule has 3 saturated heterocycles. The molecule has 0 aromatic heterocycles. The number of aliphatic hydroxyl groups is 7. The van der Waals surface area contributed by atoms with E-state index < -0.39 is 117 Å². The predicted octanol–water partition coefficient (Wildman–Crippen LogP) is -2.47. The first-order valence-electron chi connectivity index (χ1n) is 15.3. The summed E-state index contributed by atoms with van der Waals surface area (Å²) in [6.45, 7) is 0.378. The van der Waals surface area contributed by atoms with Crippen molar-refractivity contribution in [1.82, 2.24) is 0 Å². The number of methoxy groups -OCH3 is 1. The van der Waals surface area contributed by atoms with Crippen LogP contribution in [0.2, 0.25) is 0 Å². The number of carbonyl (C=O) groups excluding carboxylic acids is 1. The maximum Gasteiger partial charge on any atom is 0.331 e. The Hall–Kier alpha value is -2.71. The van der Waals surface area contributed by atoms with E-state index >= 15 is 0 Å². The van der Waals surface area contributed by atoms with Crippen molar-refractivity contribution in [2.45, 2.75) is 92.4 Å². The van der Waals surface area contributed by atoms with Crippen molar-refractivity contribution >= 4 is 12.0 Å². The molecule has 0 spiro atoms. The van der Waals surface area contributed by atoms with E-state index in [0.29, 0.717) is 11.3 Å². The van der Waals surface area contributed by atoms with Crippen molar-refractivity contribution in [2.24, 2.45) is 11.8 Å². The van der Waals surface area contributed by atoms with Crippen molar-refractivity contribution in [3.63, 3.8) is 0 Å². The van der Waals surface area contributed by atoms with Gasteiger partial charge in [-0.15, -0.1) is 0 Å². The third kappa shape index (κ3) is 6.29. The van der Waals surface area contributed by atoms with Gasteiger partial charge in [-0.1, -0.05) is 12.1 Å². The van der Waals surface area contributed by atoms with Crippen LogP contribution in [0.4, 0.5) is 0 Å². The second-order valence-electron chi connectivity index (χ2n) is 12.2. The molecular weight excluding hydrogens is 628 g/mol. The highest BCUT2D eigenvalue weighted by Crippen LogP contribution is 2.61. The highest BCUT2D eigenvalue weighted by Gasteiger charge is 2.77. The van der Waals surface area contributed by atoms with Crippen molar-refractivity contribution in [2.75, 3.05) is 20.3 Å². The molecular formula is C31H40O16. The van der Waals surface area contributed by atoms with Crippen LogP contribution in [0.25, 0.3) is 6.08 Å². The smallest absolute Gasteiger partial charge is 0.331 e. The van der Waals surface area contributed by atoms with Crippen LogP contribution in [0.15, 0.2) is 42.7 Å². The summed E-state index contributed by atoms with van der Waals surface area (Å²) >= 11 is 0. The van der Waals surface area contributed by atoms with E-state index in [9.17, 15) is 40.5 Å². The molecule has 1 aromatic carbocycles. The van der Waals surface area contributed by atoms with Gasteiger partial charge in [-0.2, -0.15) is 0 Å². The molecule has 0 radical (unpaired) electrons. The third-order valence-electron chi connectivity index (χ3n) is 9.45. The largest absolute Gasteiger partial charge is 0.497 e. The zero-order valence-electron chi connectivity index (χ0n) is 25.5. The van der Waals surface area contributed by atoms with Crippen molar-refractivity contribution in [3.8, 4) is 5.75 Å². The number of aliphatic hydroxyl groups excluding tert-OH is 7. The number of fused-ring (bicyclic) bond motifs is 3. The Morgan fingerprint density at radius 2 is 1.64 bits per heavy atom. The lowest BCUT2D eigenvalue weighted by Gasteiger charge is -2.44. The highest BCUT2D eigenvalue weighted by molar-refractivity contribution is 5.87. The van der Waals surface area contributed by atoms with Gasteiger partial charge in [0.2, 0.25) is 6.29 Å². The lowest BCUT2D eigenvalue weighted by Crippen LogP contribution is -2.61. The molecule has 16 atom stereocenters. The second-order valence-corrected chi connectivity index (χ2v) is 12.2. The molecule has 4 heterocycles. The number of ether oxygens (including phenoxy) is 8. The molecule has 4 aliphatic heterocycles. The van der Waals surface area contributed by atoms with Gasteiger partial charge in [-0.05, 0) is 36.8 Å². The van der Waals surface area contributed by atoms with E-state index in [1.165, 1.54) is 26.4 Å². The molecule has 0 bridgehead atoms. The number of hydrogen-bond donors (Lipinski definition) is 7. The van der Waals surface area contributed by atoms with Gasteiger partial charge in [0.15, 0.2) is 18.7 Å². The fraction of sp³-hybridized carbons (Fsp3) is 0.645. The van der Waals surface area contributed by atoms with Crippen molar-refractivity contribution in [3.05, 3.63) is 48.2 Å². The zero-order chi connectivity index (χ0) is 33.6. The molecule has 260 valence electrons. The Labute approximate surface area is 269 Å². The highest BCUT2D eigenvalue weighted by atomic mass is 16.8. The van der Waals surface area contributed by atoms with Gasteiger partial charge in [0.05, 0.1) is 44.7 Å². The number of epoxide rings is 1. The Bertz CT molecular complexity index is 1300. The van der Waals surface area contributed by atoms with E-state index in [2.05, 4.69) is 0 Å². The van der Waals surface area contributed by atoms with Crippen LogP contribution >= 0.6 is 0 Å². The average Bonchev–Trinajstić information content (AvgIpc) is 3.75. The van der Waals surface area contributed by atoms with E-state index in [4.69, 9.17) is 37.9 Å². The van der Waals surface area contributed by atoms with Crippen LogP contribution in [-0.2, 0) is 38.0 Å². The van der Waals surface area contributed by atoms with Crippen LogP contribution in [-0.4, -0.2) is 148 Å². The maximum absolute atomic E-state index is 12.8. The quantitative estimate of drug-likeness (QED) is 0.0777. The van der Waals surface area contributed by atoms with E-state index in [1.54, 1.807) is 30.3 Å². The lowest BCUT2D eigenvalue weighted by molar-refractivity contribution is -0.347. The van der Waals surface area contributed by atoms with Gasteiger partial charge >= 0.3 is 5.97 Å². The number of benzene rings is 1. The number of carbonyl (C=O) groups is 1.